The Morgan fingerprint density at radius 2 is 1.89 bits per heavy atom. The number of nitriles is 2. The minimum atomic E-state index is -4.58. The summed E-state index contributed by atoms with van der Waals surface area (Å²) in [6, 6.07) is 3.54. The van der Waals surface area contributed by atoms with E-state index in [9.17, 15) is 13.2 Å². The predicted octanol–water partition coefficient (Wildman–Crippen LogP) is 2.06. The summed E-state index contributed by atoms with van der Waals surface area (Å²) in [6.07, 6.45) is -3.80. The lowest BCUT2D eigenvalue weighted by atomic mass is 10.2. The van der Waals surface area contributed by atoms with E-state index in [1.165, 1.54) is 0 Å². The summed E-state index contributed by atoms with van der Waals surface area (Å²) >= 11 is 0. The molecule has 1 rings (SSSR count). The minimum Gasteiger partial charge on any atom is -0.240 e. The number of nitrogens with zero attached hydrogens (tertiary/aromatic N) is 5. The van der Waals surface area contributed by atoms with Crippen LogP contribution in [-0.2, 0) is 19.1 Å². The molecule has 0 atom stereocenters. The van der Waals surface area contributed by atoms with Crippen LogP contribution in [-0.4, -0.2) is 15.0 Å². The lowest BCUT2D eigenvalue weighted by Gasteiger charge is -2.09. The van der Waals surface area contributed by atoms with Crippen LogP contribution in [0.4, 0.5) is 13.2 Å². The van der Waals surface area contributed by atoms with Gasteiger partial charge in [-0.15, -0.1) is 5.10 Å². The molecule has 0 aliphatic heterocycles. The minimum absolute atomic E-state index is 0.0367. The van der Waals surface area contributed by atoms with Crippen LogP contribution in [0.15, 0.2) is 0 Å². The topological polar surface area (TPSA) is 78.3 Å². The van der Waals surface area contributed by atoms with Gasteiger partial charge in [-0.2, -0.15) is 23.7 Å². The van der Waals surface area contributed by atoms with E-state index in [1.54, 1.807) is 6.07 Å². The first kappa shape index (κ1) is 14.0. The van der Waals surface area contributed by atoms with E-state index in [0.29, 0.717) is 19.3 Å². The fraction of sp³-hybridized carbons (Fsp3) is 0.600. The van der Waals surface area contributed by atoms with Gasteiger partial charge in [-0.1, -0.05) is 5.21 Å². The van der Waals surface area contributed by atoms with Gasteiger partial charge in [0.25, 0.3) is 0 Å². The molecule has 0 bridgehead atoms. The molecule has 0 radical (unpaired) electrons. The van der Waals surface area contributed by atoms with Gasteiger partial charge >= 0.3 is 6.18 Å². The Morgan fingerprint density at radius 3 is 2.44 bits per heavy atom. The number of aryl methyl sites for hydroxylation is 1. The van der Waals surface area contributed by atoms with Crippen molar-refractivity contribution in [2.75, 3.05) is 0 Å². The molecule has 0 fully saturated rings. The molecule has 1 heterocycles. The van der Waals surface area contributed by atoms with Crippen molar-refractivity contribution in [2.24, 2.45) is 0 Å². The van der Waals surface area contributed by atoms with Crippen molar-refractivity contribution < 1.29 is 13.2 Å². The lowest BCUT2D eigenvalue weighted by molar-refractivity contribution is -0.144. The van der Waals surface area contributed by atoms with Crippen molar-refractivity contribution in [1.29, 1.82) is 10.5 Å². The first-order valence-electron chi connectivity index (χ1n) is 5.24. The molecule has 0 spiro atoms. The molecule has 5 nitrogen and oxygen atoms in total. The summed E-state index contributed by atoms with van der Waals surface area (Å²) < 4.78 is 39.1. The van der Waals surface area contributed by atoms with Gasteiger partial charge in [0.15, 0.2) is 5.69 Å². The first-order valence-corrected chi connectivity index (χ1v) is 5.24. The molecule has 0 aromatic carbocycles. The Morgan fingerprint density at radius 1 is 1.17 bits per heavy atom. The van der Waals surface area contributed by atoms with Crippen molar-refractivity contribution >= 4 is 0 Å². The summed E-state index contributed by atoms with van der Waals surface area (Å²) in [7, 11) is 0. The highest BCUT2D eigenvalue weighted by Crippen LogP contribution is 2.31. The number of hydrogen-bond acceptors (Lipinski definition) is 4. The molecule has 0 aliphatic rings. The molecule has 0 N–H and O–H groups in total. The molecule has 8 heteroatoms. The van der Waals surface area contributed by atoms with Crippen LogP contribution in [0.1, 0.15) is 30.7 Å². The number of rotatable bonds is 5. The molecule has 0 aliphatic carbocycles. The third-order valence-electron chi connectivity index (χ3n) is 2.23. The smallest absolute Gasteiger partial charge is 0.240 e. The second kappa shape index (κ2) is 6.01. The average molecular weight is 257 g/mol. The van der Waals surface area contributed by atoms with Crippen LogP contribution in [0, 0.1) is 22.7 Å². The third-order valence-corrected chi connectivity index (χ3v) is 2.23. The summed E-state index contributed by atoms with van der Waals surface area (Å²) in [5.74, 6) is 0. The van der Waals surface area contributed by atoms with Gasteiger partial charge < -0.3 is 0 Å². The van der Waals surface area contributed by atoms with Crippen molar-refractivity contribution in [2.45, 2.75) is 38.4 Å². The standard InChI is InChI=1S/C10H10F3N5/c11-10(12,13)9-8(4-6-15)16-17-18(9)7-3-1-2-5-14/h1-4,7H2. The number of hydrogen-bond donors (Lipinski definition) is 0. The van der Waals surface area contributed by atoms with Crippen LogP contribution in [0.5, 0.6) is 0 Å². The SMILES string of the molecule is N#CCCCCn1nnc(CC#N)c1C(F)(F)F. The summed E-state index contributed by atoms with van der Waals surface area (Å²) in [4.78, 5) is 0. The average Bonchev–Trinajstić information content (AvgIpc) is 2.68. The normalized spacial score (nSPS) is 10.9. The summed E-state index contributed by atoms with van der Waals surface area (Å²) in [5.41, 5.74) is -1.33. The first-order chi connectivity index (χ1) is 8.50. The number of aromatic nitrogens is 3. The highest BCUT2D eigenvalue weighted by Gasteiger charge is 2.38. The Labute approximate surface area is 101 Å². The van der Waals surface area contributed by atoms with Gasteiger partial charge in [-0.25, -0.2) is 4.68 Å². The molecule has 0 saturated heterocycles. The van der Waals surface area contributed by atoms with Gasteiger partial charge in [0.2, 0.25) is 0 Å². The zero-order valence-corrected chi connectivity index (χ0v) is 9.41. The fourth-order valence-corrected chi connectivity index (χ4v) is 1.48. The van der Waals surface area contributed by atoms with Crippen molar-refractivity contribution in [1.82, 2.24) is 15.0 Å². The highest BCUT2D eigenvalue weighted by molar-refractivity contribution is 5.17. The maximum Gasteiger partial charge on any atom is 0.434 e. The lowest BCUT2D eigenvalue weighted by Crippen LogP contribution is -2.16. The van der Waals surface area contributed by atoms with Crippen molar-refractivity contribution in [3.8, 4) is 12.1 Å². The van der Waals surface area contributed by atoms with Crippen LogP contribution in [0.25, 0.3) is 0 Å². The molecular weight excluding hydrogens is 247 g/mol. The van der Waals surface area contributed by atoms with E-state index in [4.69, 9.17) is 10.5 Å². The van der Waals surface area contributed by atoms with Gasteiger partial charge in [0, 0.05) is 13.0 Å². The third kappa shape index (κ3) is 3.45. The molecule has 0 amide bonds. The largest absolute Gasteiger partial charge is 0.434 e. The van der Waals surface area contributed by atoms with E-state index < -0.39 is 18.3 Å². The maximum atomic E-state index is 12.8. The number of alkyl halides is 3. The molecule has 1 aromatic heterocycles. The zero-order valence-electron chi connectivity index (χ0n) is 9.41. The van der Waals surface area contributed by atoms with Crippen molar-refractivity contribution in [3.05, 3.63) is 11.4 Å². The second-order valence-corrected chi connectivity index (χ2v) is 3.56. The van der Waals surface area contributed by atoms with Crippen LogP contribution < -0.4 is 0 Å². The van der Waals surface area contributed by atoms with Crippen LogP contribution in [0.3, 0.4) is 0 Å². The van der Waals surface area contributed by atoms with Gasteiger partial charge in [-0.3, -0.25) is 0 Å². The molecule has 1 aromatic rings. The molecule has 96 valence electrons. The molecule has 0 unspecified atom stereocenters. The molecule has 18 heavy (non-hydrogen) atoms. The van der Waals surface area contributed by atoms with Gasteiger partial charge in [0.1, 0.15) is 5.69 Å². The van der Waals surface area contributed by atoms with Gasteiger partial charge in [-0.05, 0) is 12.8 Å². The highest BCUT2D eigenvalue weighted by atomic mass is 19.4. The van der Waals surface area contributed by atoms with E-state index >= 15 is 0 Å². The second-order valence-electron chi connectivity index (χ2n) is 3.56. The van der Waals surface area contributed by atoms with Crippen molar-refractivity contribution in [3.63, 3.8) is 0 Å². The predicted molar refractivity (Wildman–Crippen MR) is 53.8 cm³/mol. The molecular formula is C10H10F3N5. The Kier molecular flexibility index (Phi) is 4.67. The summed E-state index contributed by atoms with van der Waals surface area (Å²) in [6.45, 7) is 0.0367. The molecule has 0 saturated carbocycles. The zero-order chi connectivity index (χ0) is 13.6. The van der Waals surface area contributed by atoms with Gasteiger partial charge in [0.05, 0.1) is 18.6 Å². The van der Waals surface area contributed by atoms with Crippen LogP contribution >= 0.6 is 0 Å². The maximum absolute atomic E-state index is 12.8. The van der Waals surface area contributed by atoms with E-state index in [0.717, 1.165) is 4.68 Å². The summed E-state index contributed by atoms with van der Waals surface area (Å²) in [5, 5.41) is 23.5. The van der Waals surface area contributed by atoms with E-state index in [2.05, 4.69) is 10.3 Å². The van der Waals surface area contributed by atoms with E-state index in [1.807, 2.05) is 6.07 Å². The van der Waals surface area contributed by atoms with Crippen LogP contribution in [0.2, 0.25) is 0 Å². The monoisotopic (exact) mass is 257 g/mol. The number of halogens is 3. The quantitative estimate of drug-likeness (QED) is 0.756. The van der Waals surface area contributed by atoms with E-state index in [-0.39, 0.29) is 12.2 Å². The number of unbranched alkanes of at least 4 members (excludes halogenated alkanes) is 2. The fourth-order valence-electron chi connectivity index (χ4n) is 1.48. The Bertz CT molecular complexity index is 477. The Balaban J connectivity index is 2.85. The Hall–Kier alpha value is -2.09.